The molecule has 1 aliphatic rings. The van der Waals surface area contributed by atoms with Crippen molar-refractivity contribution in [1.82, 2.24) is 20.8 Å². The molecule has 0 saturated carbocycles. The van der Waals surface area contributed by atoms with E-state index >= 15 is 0 Å². The Hall–Kier alpha value is -3.41. The van der Waals surface area contributed by atoms with Crippen LogP contribution in [0.15, 0.2) is 37.2 Å². The van der Waals surface area contributed by atoms with Crippen LogP contribution in [0.2, 0.25) is 5.02 Å². The van der Waals surface area contributed by atoms with E-state index in [-0.39, 0.29) is 24.6 Å². The molecule has 0 bridgehead atoms. The third kappa shape index (κ3) is 6.31. The molecule has 0 aliphatic carbocycles. The van der Waals surface area contributed by atoms with Crippen LogP contribution in [0.25, 0.3) is 0 Å². The third-order valence-corrected chi connectivity index (χ3v) is 5.15. The van der Waals surface area contributed by atoms with E-state index in [0.717, 1.165) is 0 Å². The molecule has 176 valence electrons. The van der Waals surface area contributed by atoms with Gasteiger partial charge in [0, 0.05) is 11.1 Å². The number of aromatic nitrogens is 2. The van der Waals surface area contributed by atoms with E-state index in [1.807, 2.05) is 0 Å². The largest absolute Gasteiger partial charge is 0.495 e. The first-order valence-electron chi connectivity index (χ1n) is 9.87. The summed E-state index contributed by atoms with van der Waals surface area (Å²) in [6, 6.07) is 2.66. The molecule has 0 spiro atoms. The smallest absolute Gasteiger partial charge is 0.274 e. The van der Waals surface area contributed by atoms with Crippen LogP contribution in [0.3, 0.4) is 0 Å². The summed E-state index contributed by atoms with van der Waals surface area (Å²) in [5.74, 6) is 0.342. The monoisotopic (exact) mass is 477 g/mol. The minimum absolute atomic E-state index is 0.0472. The number of hydroxylamine groups is 1. The first-order valence-corrected chi connectivity index (χ1v) is 10.2. The van der Waals surface area contributed by atoms with Crippen molar-refractivity contribution in [2.45, 2.75) is 18.7 Å². The molecule has 2 atom stereocenters. The van der Waals surface area contributed by atoms with Crippen molar-refractivity contribution in [3.8, 4) is 11.5 Å². The van der Waals surface area contributed by atoms with Gasteiger partial charge < -0.3 is 24.8 Å². The summed E-state index contributed by atoms with van der Waals surface area (Å²) in [5, 5.41) is 6.25. The summed E-state index contributed by atoms with van der Waals surface area (Å²) in [5.41, 5.74) is 3.07. The highest BCUT2D eigenvalue weighted by Crippen LogP contribution is 2.31. The van der Waals surface area contributed by atoms with Crippen LogP contribution in [0.4, 0.5) is 5.95 Å². The second-order valence-electron chi connectivity index (χ2n) is 6.93. The van der Waals surface area contributed by atoms with Gasteiger partial charge in [0.15, 0.2) is 5.75 Å². The lowest BCUT2D eigenvalue weighted by molar-refractivity contribution is -0.117. The average Bonchev–Trinajstić information content (AvgIpc) is 3.25. The van der Waals surface area contributed by atoms with E-state index in [1.165, 1.54) is 38.8 Å². The van der Waals surface area contributed by atoms with Crippen LogP contribution in [0, 0.1) is 0 Å². The van der Waals surface area contributed by atoms with E-state index in [4.69, 9.17) is 25.8 Å². The lowest BCUT2D eigenvalue weighted by Gasteiger charge is -2.19. The van der Waals surface area contributed by atoms with Gasteiger partial charge in [-0.3, -0.25) is 14.4 Å². The van der Waals surface area contributed by atoms with Gasteiger partial charge in [-0.2, -0.15) is 0 Å². The second kappa shape index (κ2) is 11.5. The molecule has 0 radical (unpaired) electrons. The van der Waals surface area contributed by atoms with Crippen LogP contribution in [0.5, 0.6) is 11.5 Å². The number of nitrogens with zero attached hydrogens (tertiary/aromatic N) is 2. The van der Waals surface area contributed by atoms with Gasteiger partial charge in [0.1, 0.15) is 12.4 Å². The Kier molecular flexibility index (Phi) is 8.41. The molecule has 2 amide bonds. The lowest BCUT2D eigenvalue weighted by atomic mass is 10.1. The van der Waals surface area contributed by atoms with Crippen LogP contribution in [-0.2, 0) is 21.0 Å². The quantitative estimate of drug-likeness (QED) is 0.343. The van der Waals surface area contributed by atoms with Gasteiger partial charge in [-0.15, -0.1) is 0 Å². The zero-order valence-electron chi connectivity index (χ0n) is 18.1. The van der Waals surface area contributed by atoms with Crippen molar-refractivity contribution in [3.63, 3.8) is 0 Å². The van der Waals surface area contributed by atoms with Gasteiger partial charge >= 0.3 is 0 Å². The fourth-order valence-corrected chi connectivity index (χ4v) is 3.31. The molecule has 2 heterocycles. The molecule has 1 aliphatic heterocycles. The molecule has 11 nitrogen and oxygen atoms in total. The standard InChI is InChI=1S/C21H24ClN5O6/c1-4-18(28)25-15-10-32-11-16(15)26-21-23-7-14(8-24-21)33-9-13-5-12(20(29)27-31-3)6-17(30-2)19(13)22/h4-8,15-16H,1,9-11H2,2-3H3,(H,25,28)(H,27,29)(H,23,24,26). The number of hydrogen-bond acceptors (Lipinski definition) is 9. The van der Waals surface area contributed by atoms with Crippen molar-refractivity contribution in [2.24, 2.45) is 0 Å². The highest BCUT2D eigenvalue weighted by atomic mass is 35.5. The van der Waals surface area contributed by atoms with Crippen molar-refractivity contribution in [1.29, 1.82) is 0 Å². The number of nitrogens with one attached hydrogen (secondary N) is 3. The molecule has 1 aromatic heterocycles. The van der Waals surface area contributed by atoms with Crippen molar-refractivity contribution < 1.29 is 28.6 Å². The van der Waals surface area contributed by atoms with Crippen LogP contribution in [0.1, 0.15) is 15.9 Å². The molecular formula is C21H24ClN5O6. The topological polar surface area (TPSA) is 133 Å². The Morgan fingerprint density at radius 2 is 1.97 bits per heavy atom. The minimum Gasteiger partial charge on any atom is -0.495 e. The molecule has 33 heavy (non-hydrogen) atoms. The predicted molar refractivity (Wildman–Crippen MR) is 119 cm³/mol. The molecule has 2 aromatic rings. The number of methoxy groups -OCH3 is 1. The number of hydrogen-bond donors (Lipinski definition) is 3. The highest BCUT2D eigenvalue weighted by molar-refractivity contribution is 6.33. The number of benzene rings is 1. The third-order valence-electron chi connectivity index (χ3n) is 4.72. The summed E-state index contributed by atoms with van der Waals surface area (Å²) in [6.07, 6.45) is 4.20. The summed E-state index contributed by atoms with van der Waals surface area (Å²) in [6.45, 7) is 4.27. The number of rotatable bonds is 10. The number of carbonyl (C=O) groups is 2. The number of carbonyl (C=O) groups excluding carboxylic acids is 2. The Labute approximate surface area is 195 Å². The van der Waals surface area contributed by atoms with Crippen molar-refractivity contribution in [3.05, 3.63) is 53.3 Å². The molecule has 12 heteroatoms. The van der Waals surface area contributed by atoms with Crippen LogP contribution >= 0.6 is 11.6 Å². The van der Waals surface area contributed by atoms with Crippen molar-refractivity contribution >= 4 is 29.4 Å². The van der Waals surface area contributed by atoms with Gasteiger partial charge in [-0.1, -0.05) is 18.2 Å². The van der Waals surface area contributed by atoms with Crippen molar-refractivity contribution in [2.75, 3.05) is 32.8 Å². The Morgan fingerprint density at radius 3 is 2.64 bits per heavy atom. The summed E-state index contributed by atoms with van der Waals surface area (Å²) < 4.78 is 16.4. The Balaban J connectivity index is 1.63. The maximum absolute atomic E-state index is 12.1. The Bertz CT molecular complexity index is 1000. The maximum atomic E-state index is 12.1. The first kappa shape index (κ1) is 24.2. The fraction of sp³-hybridized carbons (Fsp3) is 0.333. The van der Waals surface area contributed by atoms with Gasteiger partial charge in [-0.05, 0) is 18.2 Å². The van der Waals surface area contributed by atoms with E-state index in [0.29, 0.717) is 46.8 Å². The van der Waals surface area contributed by atoms with Gasteiger partial charge in [0.05, 0.1) is 56.9 Å². The highest BCUT2D eigenvalue weighted by Gasteiger charge is 2.29. The lowest BCUT2D eigenvalue weighted by Crippen LogP contribution is -2.45. The molecule has 3 rings (SSSR count). The number of anilines is 1. The summed E-state index contributed by atoms with van der Waals surface area (Å²) in [7, 11) is 2.79. The molecule has 1 saturated heterocycles. The molecular weight excluding hydrogens is 454 g/mol. The minimum atomic E-state index is -0.453. The zero-order valence-corrected chi connectivity index (χ0v) is 18.8. The molecule has 3 N–H and O–H groups in total. The predicted octanol–water partition coefficient (Wildman–Crippen LogP) is 1.49. The first-order chi connectivity index (χ1) is 15.9. The van der Waals surface area contributed by atoms with Crippen LogP contribution in [-0.4, -0.2) is 61.3 Å². The number of amides is 2. The second-order valence-corrected chi connectivity index (χ2v) is 7.30. The average molecular weight is 478 g/mol. The summed E-state index contributed by atoms with van der Waals surface area (Å²) >= 11 is 6.35. The SMILES string of the molecule is C=CC(=O)NC1COCC1Nc1ncc(OCc2cc(C(=O)NOC)cc(OC)c2Cl)cn1. The maximum Gasteiger partial charge on any atom is 0.274 e. The molecule has 1 aromatic carbocycles. The molecule has 2 unspecified atom stereocenters. The number of halogens is 1. The van der Waals surface area contributed by atoms with E-state index < -0.39 is 5.91 Å². The van der Waals surface area contributed by atoms with E-state index in [1.54, 1.807) is 6.07 Å². The van der Waals surface area contributed by atoms with Gasteiger partial charge in [-0.25, -0.2) is 15.4 Å². The van der Waals surface area contributed by atoms with E-state index in [2.05, 4.69) is 37.5 Å². The van der Waals surface area contributed by atoms with Gasteiger partial charge in [0.25, 0.3) is 5.91 Å². The fourth-order valence-electron chi connectivity index (χ4n) is 3.06. The normalized spacial score (nSPS) is 17.2. The zero-order chi connectivity index (χ0) is 23.8. The van der Waals surface area contributed by atoms with Crippen LogP contribution < -0.4 is 25.6 Å². The summed E-state index contributed by atoms with van der Waals surface area (Å²) in [4.78, 5) is 36.8. The van der Waals surface area contributed by atoms with E-state index in [9.17, 15) is 9.59 Å². The molecule has 1 fully saturated rings. The van der Waals surface area contributed by atoms with Gasteiger partial charge in [0.2, 0.25) is 11.9 Å². The Morgan fingerprint density at radius 1 is 1.24 bits per heavy atom. The number of ether oxygens (including phenoxy) is 3.